The third-order valence-corrected chi connectivity index (χ3v) is 5.89. The van der Waals surface area contributed by atoms with Crippen LogP contribution in [0, 0.1) is 6.92 Å². The van der Waals surface area contributed by atoms with Gasteiger partial charge in [0.15, 0.2) is 0 Å². The van der Waals surface area contributed by atoms with Gasteiger partial charge in [-0.1, -0.05) is 0 Å². The minimum atomic E-state index is -3.04. The van der Waals surface area contributed by atoms with Crippen molar-refractivity contribution < 1.29 is 8.42 Å². The second kappa shape index (κ2) is 5.88. The van der Waals surface area contributed by atoms with E-state index in [0.29, 0.717) is 19.6 Å². The van der Waals surface area contributed by atoms with Gasteiger partial charge in [-0.3, -0.25) is 4.90 Å². The van der Waals surface area contributed by atoms with Crippen LogP contribution in [0.1, 0.15) is 15.3 Å². The molecule has 1 saturated heterocycles. The maximum Gasteiger partial charge on any atom is 0.211 e. The normalized spacial score (nSPS) is 18.9. The van der Waals surface area contributed by atoms with Crippen molar-refractivity contribution in [1.82, 2.24) is 9.21 Å². The number of nitrogens with zero attached hydrogens (tertiary/aromatic N) is 2. The summed E-state index contributed by atoms with van der Waals surface area (Å²) in [4.78, 5) is 4.82. The van der Waals surface area contributed by atoms with Gasteiger partial charge in [0.2, 0.25) is 10.0 Å². The van der Waals surface area contributed by atoms with Crippen LogP contribution in [-0.4, -0.2) is 50.1 Å². The SMILES string of the molecule is Cc1sc(CN)cc1CN1CCN(S(C)(=O)=O)CC1. The summed E-state index contributed by atoms with van der Waals surface area (Å²) < 4.78 is 24.4. The number of hydrogen-bond donors (Lipinski definition) is 1. The Morgan fingerprint density at radius 1 is 1.32 bits per heavy atom. The summed E-state index contributed by atoms with van der Waals surface area (Å²) in [7, 11) is -3.04. The third kappa shape index (κ3) is 3.76. The average Bonchev–Trinajstić information content (AvgIpc) is 2.70. The molecular weight excluding hydrogens is 282 g/mol. The van der Waals surface area contributed by atoms with Crippen LogP contribution in [0.25, 0.3) is 0 Å². The van der Waals surface area contributed by atoms with Crippen molar-refractivity contribution >= 4 is 21.4 Å². The van der Waals surface area contributed by atoms with Gasteiger partial charge >= 0.3 is 0 Å². The fourth-order valence-corrected chi connectivity index (χ4v) is 4.06. The van der Waals surface area contributed by atoms with Crippen LogP contribution in [0.4, 0.5) is 0 Å². The molecule has 108 valence electrons. The second-order valence-corrected chi connectivity index (χ2v) is 8.26. The molecule has 1 aromatic heterocycles. The van der Waals surface area contributed by atoms with Crippen molar-refractivity contribution in [2.24, 2.45) is 5.73 Å². The lowest BCUT2D eigenvalue weighted by Crippen LogP contribution is -2.47. The predicted octanol–water partition coefficient (Wildman–Crippen LogP) is 0.592. The molecule has 0 amide bonds. The Morgan fingerprint density at radius 2 is 1.95 bits per heavy atom. The van der Waals surface area contributed by atoms with E-state index in [2.05, 4.69) is 17.9 Å². The van der Waals surface area contributed by atoms with Crippen LogP contribution >= 0.6 is 11.3 Å². The molecular formula is C12H21N3O2S2. The number of aryl methyl sites for hydroxylation is 1. The maximum atomic E-state index is 11.4. The van der Waals surface area contributed by atoms with Crippen LogP contribution in [0.2, 0.25) is 0 Å². The number of sulfonamides is 1. The van der Waals surface area contributed by atoms with E-state index in [1.165, 1.54) is 21.6 Å². The highest BCUT2D eigenvalue weighted by molar-refractivity contribution is 7.88. The predicted molar refractivity (Wildman–Crippen MR) is 78.6 cm³/mol. The Bertz CT molecular complexity index is 531. The lowest BCUT2D eigenvalue weighted by atomic mass is 10.2. The van der Waals surface area contributed by atoms with Crippen molar-refractivity contribution in [1.29, 1.82) is 0 Å². The standard InChI is InChI=1S/C12H21N3O2S2/c1-10-11(7-12(8-13)18-10)9-14-3-5-15(6-4-14)19(2,16)17/h7H,3-6,8-9,13H2,1-2H3. The lowest BCUT2D eigenvalue weighted by Gasteiger charge is -2.33. The summed E-state index contributed by atoms with van der Waals surface area (Å²) in [5.41, 5.74) is 6.97. The molecule has 0 saturated carbocycles. The lowest BCUT2D eigenvalue weighted by molar-refractivity contribution is 0.182. The van der Waals surface area contributed by atoms with Crippen LogP contribution < -0.4 is 5.73 Å². The molecule has 0 aromatic carbocycles. The molecule has 5 nitrogen and oxygen atoms in total. The highest BCUT2D eigenvalue weighted by Crippen LogP contribution is 2.23. The quantitative estimate of drug-likeness (QED) is 0.884. The van der Waals surface area contributed by atoms with Gasteiger partial charge in [-0.05, 0) is 18.6 Å². The fourth-order valence-electron chi connectivity index (χ4n) is 2.31. The van der Waals surface area contributed by atoms with Gasteiger partial charge in [-0.25, -0.2) is 8.42 Å². The maximum absolute atomic E-state index is 11.4. The van der Waals surface area contributed by atoms with E-state index in [9.17, 15) is 8.42 Å². The molecule has 7 heteroatoms. The van der Waals surface area contributed by atoms with Crippen LogP contribution in [0.15, 0.2) is 6.07 Å². The Kier molecular flexibility index (Phi) is 4.62. The molecule has 0 unspecified atom stereocenters. The summed E-state index contributed by atoms with van der Waals surface area (Å²) in [6.45, 7) is 6.36. The topological polar surface area (TPSA) is 66.6 Å². The van der Waals surface area contributed by atoms with E-state index < -0.39 is 10.0 Å². The van der Waals surface area contributed by atoms with E-state index in [-0.39, 0.29) is 0 Å². The Hall–Kier alpha value is -0.470. The average molecular weight is 303 g/mol. The molecule has 0 spiro atoms. The molecule has 2 rings (SSSR count). The van der Waals surface area contributed by atoms with Gasteiger partial charge in [-0.15, -0.1) is 11.3 Å². The van der Waals surface area contributed by atoms with Gasteiger partial charge in [0.05, 0.1) is 6.26 Å². The van der Waals surface area contributed by atoms with Crippen molar-refractivity contribution in [2.75, 3.05) is 32.4 Å². The smallest absolute Gasteiger partial charge is 0.211 e. The van der Waals surface area contributed by atoms with Crippen LogP contribution in [-0.2, 0) is 23.1 Å². The van der Waals surface area contributed by atoms with E-state index in [1.54, 1.807) is 15.6 Å². The Labute approximate surface area is 119 Å². The largest absolute Gasteiger partial charge is 0.326 e. The number of hydrogen-bond acceptors (Lipinski definition) is 5. The first-order valence-electron chi connectivity index (χ1n) is 6.36. The van der Waals surface area contributed by atoms with Crippen molar-refractivity contribution in [3.63, 3.8) is 0 Å². The van der Waals surface area contributed by atoms with E-state index in [4.69, 9.17) is 5.73 Å². The van der Waals surface area contributed by atoms with E-state index >= 15 is 0 Å². The van der Waals surface area contributed by atoms with Gasteiger partial charge in [0.25, 0.3) is 0 Å². The van der Waals surface area contributed by atoms with Gasteiger partial charge < -0.3 is 5.73 Å². The van der Waals surface area contributed by atoms with Crippen molar-refractivity contribution in [2.45, 2.75) is 20.0 Å². The molecule has 0 atom stereocenters. The zero-order valence-corrected chi connectivity index (χ0v) is 13.1. The Morgan fingerprint density at radius 3 is 2.42 bits per heavy atom. The number of nitrogens with two attached hydrogens (primary N) is 1. The van der Waals surface area contributed by atoms with Gasteiger partial charge in [0.1, 0.15) is 0 Å². The van der Waals surface area contributed by atoms with Gasteiger partial charge in [0, 0.05) is 49.0 Å². The molecule has 19 heavy (non-hydrogen) atoms. The van der Waals surface area contributed by atoms with Crippen LogP contribution in [0.3, 0.4) is 0 Å². The Balaban J connectivity index is 1.94. The summed E-state index contributed by atoms with van der Waals surface area (Å²) in [5.74, 6) is 0. The number of piperazine rings is 1. The first-order chi connectivity index (χ1) is 8.90. The first kappa shape index (κ1) is 14.9. The monoisotopic (exact) mass is 303 g/mol. The minimum absolute atomic E-state index is 0.589. The minimum Gasteiger partial charge on any atom is -0.326 e. The molecule has 1 aliphatic heterocycles. The van der Waals surface area contributed by atoms with Crippen molar-refractivity contribution in [3.8, 4) is 0 Å². The zero-order valence-electron chi connectivity index (χ0n) is 11.4. The summed E-state index contributed by atoms with van der Waals surface area (Å²) >= 11 is 1.75. The molecule has 2 heterocycles. The van der Waals surface area contributed by atoms with Crippen molar-refractivity contribution in [3.05, 3.63) is 21.4 Å². The molecule has 2 N–H and O–H groups in total. The molecule has 0 bridgehead atoms. The van der Waals surface area contributed by atoms with E-state index in [0.717, 1.165) is 19.6 Å². The second-order valence-electron chi connectivity index (χ2n) is 4.94. The van der Waals surface area contributed by atoms with E-state index in [1.807, 2.05) is 0 Å². The molecule has 1 aliphatic rings. The zero-order chi connectivity index (χ0) is 14.0. The fraction of sp³-hybridized carbons (Fsp3) is 0.667. The molecule has 0 radical (unpaired) electrons. The first-order valence-corrected chi connectivity index (χ1v) is 9.02. The van der Waals surface area contributed by atoms with Gasteiger partial charge in [-0.2, -0.15) is 4.31 Å². The highest BCUT2D eigenvalue weighted by Gasteiger charge is 2.23. The highest BCUT2D eigenvalue weighted by atomic mass is 32.2. The molecule has 1 aromatic rings. The number of thiophene rings is 1. The summed E-state index contributed by atoms with van der Waals surface area (Å²) in [6, 6.07) is 2.17. The molecule has 1 fully saturated rings. The number of rotatable bonds is 4. The molecule has 0 aliphatic carbocycles. The summed E-state index contributed by atoms with van der Waals surface area (Å²) in [5, 5.41) is 0. The summed E-state index contributed by atoms with van der Waals surface area (Å²) in [6.07, 6.45) is 1.28. The third-order valence-electron chi connectivity index (χ3n) is 3.47. The van der Waals surface area contributed by atoms with Crippen LogP contribution in [0.5, 0.6) is 0 Å².